The Balaban J connectivity index is 2.75. The van der Waals surface area contributed by atoms with Crippen LogP contribution in [0.5, 0.6) is 0 Å². The lowest BCUT2D eigenvalue weighted by atomic mass is 10.2. The molecule has 0 aromatic carbocycles. The van der Waals surface area contributed by atoms with Gasteiger partial charge in [0.05, 0.1) is 5.92 Å². The van der Waals surface area contributed by atoms with Gasteiger partial charge in [-0.25, -0.2) is 4.98 Å². The maximum absolute atomic E-state index is 10.8. The molecule has 0 saturated heterocycles. The fourth-order valence-corrected chi connectivity index (χ4v) is 2.22. The van der Waals surface area contributed by atoms with E-state index in [0.717, 1.165) is 17.5 Å². The van der Waals surface area contributed by atoms with E-state index in [1.165, 1.54) is 11.5 Å². The summed E-state index contributed by atoms with van der Waals surface area (Å²) in [4.78, 5) is 17.2. The third-order valence-corrected chi connectivity index (χ3v) is 3.31. The van der Waals surface area contributed by atoms with E-state index in [9.17, 15) is 4.79 Å². The normalized spacial score (nSPS) is 12.8. The van der Waals surface area contributed by atoms with Crippen molar-refractivity contribution in [3.8, 4) is 0 Å². The van der Waals surface area contributed by atoms with Crippen molar-refractivity contribution in [2.24, 2.45) is 5.92 Å². The molecule has 0 fully saturated rings. The van der Waals surface area contributed by atoms with Crippen LogP contribution in [0.1, 0.15) is 39.4 Å². The van der Waals surface area contributed by atoms with E-state index in [1.807, 2.05) is 25.7 Å². The van der Waals surface area contributed by atoms with Crippen LogP contribution in [0, 0.1) is 5.92 Å². The fourth-order valence-electron chi connectivity index (χ4n) is 1.34. The molecule has 1 unspecified atom stereocenters. The summed E-state index contributed by atoms with van der Waals surface area (Å²) in [5.41, 5.74) is 0. The van der Waals surface area contributed by atoms with Gasteiger partial charge in [-0.15, -0.1) is 0 Å². The molecule has 1 heterocycles. The van der Waals surface area contributed by atoms with Gasteiger partial charge in [0.25, 0.3) is 0 Å². The lowest BCUT2D eigenvalue weighted by molar-refractivity contribution is -0.140. The zero-order valence-corrected chi connectivity index (χ0v) is 11.5. The number of carboxylic acids is 1. The summed E-state index contributed by atoms with van der Waals surface area (Å²) in [7, 11) is 0. The lowest BCUT2D eigenvalue weighted by Crippen LogP contribution is -2.31. The molecule has 1 aromatic heterocycles. The SMILES string of the molecule is CCN(CC(C)C(=O)O)c1nc(C(C)C)ns1. The van der Waals surface area contributed by atoms with Crippen LogP contribution < -0.4 is 4.90 Å². The lowest BCUT2D eigenvalue weighted by Gasteiger charge is -2.21. The average molecular weight is 257 g/mol. The minimum atomic E-state index is -0.781. The molecule has 0 bridgehead atoms. The van der Waals surface area contributed by atoms with Crippen molar-refractivity contribution >= 4 is 22.6 Å². The highest BCUT2D eigenvalue weighted by Gasteiger charge is 2.18. The van der Waals surface area contributed by atoms with E-state index in [4.69, 9.17) is 5.11 Å². The molecular weight excluding hydrogens is 238 g/mol. The molecule has 0 saturated carbocycles. The Bertz CT molecular complexity index is 379. The van der Waals surface area contributed by atoms with Gasteiger partial charge < -0.3 is 10.0 Å². The topological polar surface area (TPSA) is 66.3 Å². The van der Waals surface area contributed by atoms with Gasteiger partial charge in [-0.05, 0) is 6.92 Å². The number of anilines is 1. The monoisotopic (exact) mass is 257 g/mol. The molecule has 5 nitrogen and oxygen atoms in total. The molecule has 0 spiro atoms. The van der Waals surface area contributed by atoms with Gasteiger partial charge in [-0.2, -0.15) is 4.37 Å². The van der Waals surface area contributed by atoms with Crippen LogP contribution in [-0.2, 0) is 4.79 Å². The van der Waals surface area contributed by atoms with Crippen molar-refractivity contribution in [2.75, 3.05) is 18.0 Å². The molecule has 1 N–H and O–H groups in total. The highest BCUT2D eigenvalue weighted by molar-refractivity contribution is 7.09. The zero-order chi connectivity index (χ0) is 13.0. The zero-order valence-electron chi connectivity index (χ0n) is 10.7. The Hall–Kier alpha value is -1.17. The van der Waals surface area contributed by atoms with Gasteiger partial charge in [0.15, 0.2) is 0 Å². The quantitative estimate of drug-likeness (QED) is 0.846. The third-order valence-electron chi connectivity index (χ3n) is 2.52. The van der Waals surface area contributed by atoms with E-state index in [2.05, 4.69) is 9.36 Å². The summed E-state index contributed by atoms with van der Waals surface area (Å²) >= 11 is 1.34. The summed E-state index contributed by atoms with van der Waals surface area (Å²) in [6, 6.07) is 0. The summed E-state index contributed by atoms with van der Waals surface area (Å²) in [6.07, 6.45) is 0. The van der Waals surface area contributed by atoms with Crippen molar-refractivity contribution in [3.05, 3.63) is 5.82 Å². The molecule has 96 valence electrons. The first kappa shape index (κ1) is 13.9. The number of nitrogens with zero attached hydrogens (tertiary/aromatic N) is 3. The van der Waals surface area contributed by atoms with Crippen LogP contribution in [0.25, 0.3) is 0 Å². The van der Waals surface area contributed by atoms with E-state index < -0.39 is 11.9 Å². The van der Waals surface area contributed by atoms with Gasteiger partial charge in [0, 0.05) is 30.5 Å². The van der Waals surface area contributed by atoms with Crippen LogP contribution in [0.3, 0.4) is 0 Å². The first-order chi connectivity index (χ1) is 7.95. The Labute approximate surface area is 106 Å². The summed E-state index contributed by atoms with van der Waals surface area (Å²) in [5.74, 6) is -0.0552. The molecule has 1 rings (SSSR count). The standard InChI is InChI=1S/C11H19N3O2S/c1-5-14(6-8(4)10(15)16)11-12-9(7(2)3)13-17-11/h7-8H,5-6H2,1-4H3,(H,15,16). The average Bonchev–Trinajstić information content (AvgIpc) is 2.74. The number of aromatic nitrogens is 2. The number of carbonyl (C=O) groups is 1. The maximum atomic E-state index is 10.8. The van der Waals surface area contributed by atoms with Gasteiger partial charge in [-0.3, -0.25) is 4.79 Å². The van der Waals surface area contributed by atoms with Crippen molar-refractivity contribution < 1.29 is 9.90 Å². The first-order valence-corrected chi connectivity index (χ1v) is 6.54. The molecule has 0 radical (unpaired) electrons. The molecule has 1 aromatic rings. The fraction of sp³-hybridized carbons (Fsp3) is 0.727. The Morgan fingerprint density at radius 1 is 1.47 bits per heavy atom. The van der Waals surface area contributed by atoms with Crippen LogP contribution >= 0.6 is 11.5 Å². The number of hydrogen-bond donors (Lipinski definition) is 1. The molecule has 17 heavy (non-hydrogen) atoms. The van der Waals surface area contributed by atoms with Gasteiger partial charge >= 0.3 is 5.97 Å². The van der Waals surface area contributed by atoms with Crippen LogP contribution in [0.2, 0.25) is 0 Å². The Morgan fingerprint density at radius 3 is 2.53 bits per heavy atom. The largest absolute Gasteiger partial charge is 0.481 e. The Morgan fingerprint density at radius 2 is 2.12 bits per heavy atom. The molecule has 0 amide bonds. The van der Waals surface area contributed by atoms with Crippen LogP contribution in [0.4, 0.5) is 5.13 Å². The molecule has 0 aliphatic rings. The minimum Gasteiger partial charge on any atom is -0.481 e. The van der Waals surface area contributed by atoms with E-state index >= 15 is 0 Å². The number of carboxylic acid groups (broad SMARTS) is 1. The van der Waals surface area contributed by atoms with Crippen molar-refractivity contribution in [3.63, 3.8) is 0 Å². The van der Waals surface area contributed by atoms with Crippen molar-refractivity contribution in [2.45, 2.75) is 33.6 Å². The second kappa shape index (κ2) is 5.95. The van der Waals surface area contributed by atoms with Gasteiger partial charge in [0.1, 0.15) is 5.82 Å². The predicted molar refractivity (Wildman–Crippen MR) is 68.7 cm³/mol. The first-order valence-electron chi connectivity index (χ1n) is 5.77. The number of hydrogen-bond acceptors (Lipinski definition) is 5. The second-order valence-corrected chi connectivity index (χ2v) is 5.10. The highest BCUT2D eigenvalue weighted by atomic mass is 32.1. The predicted octanol–water partition coefficient (Wildman–Crippen LogP) is 2.21. The molecule has 0 aliphatic carbocycles. The molecular formula is C11H19N3O2S. The third kappa shape index (κ3) is 3.66. The van der Waals surface area contributed by atoms with E-state index in [1.54, 1.807) is 6.92 Å². The van der Waals surface area contributed by atoms with E-state index in [-0.39, 0.29) is 0 Å². The summed E-state index contributed by atoms with van der Waals surface area (Å²) in [5, 5.41) is 9.72. The van der Waals surface area contributed by atoms with Crippen molar-refractivity contribution in [1.82, 2.24) is 9.36 Å². The highest BCUT2D eigenvalue weighted by Crippen LogP contribution is 2.22. The van der Waals surface area contributed by atoms with Gasteiger partial charge in [0.2, 0.25) is 5.13 Å². The Kier molecular flexibility index (Phi) is 4.86. The number of rotatable bonds is 6. The smallest absolute Gasteiger partial charge is 0.308 e. The van der Waals surface area contributed by atoms with E-state index in [0.29, 0.717) is 12.5 Å². The second-order valence-electron chi connectivity index (χ2n) is 4.37. The summed E-state index contributed by atoms with van der Waals surface area (Å²) < 4.78 is 4.28. The van der Waals surface area contributed by atoms with Gasteiger partial charge in [-0.1, -0.05) is 20.8 Å². The number of aliphatic carboxylic acids is 1. The maximum Gasteiger partial charge on any atom is 0.308 e. The molecule has 6 heteroatoms. The molecule has 1 atom stereocenters. The summed E-state index contributed by atoms with van der Waals surface area (Å²) in [6.45, 7) is 8.99. The minimum absolute atomic E-state index is 0.301. The van der Waals surface area contributed by atoms with Crippen LogP contribution in [-0.4, -0.2) is 33.5 Å². The van der Waals surface area contributed by atoms with Crippen LogP contribution in [0.15, 0.2) is 0 Å². The van der Waals surface area contributed by atoms with Crippen molar-refractivity contribution in [1.29, 1.82) is 0 Å². The molecule has 0 aliphatic heterocycles.